The van der Waals surface area contributed by atoms with E-state index in [1.54, 1.807) is 6.33 Å². The molecule has 0 amide bonds. The summed E-state index contributed by atoms with van der Waals surface area (Å²) in [6, 6.07) is 4.31. The molecule has 0 aliphatic carbocycles. The molecule has 1 aromatic rings. The van der Waals surface area contributed by atoms with Crippen LogP contribution in [0.3, 0.4) is 0 Å². The van der Waals surface area contributed by atoms with Crippen LogP contribution in [0, 0.1) is 11.3 Å². The second-order valence-electron chi connectivity index (χ2n) is 5.92. The predicted octanol–water partition coefficient (Wildman–Crippen LogP) is 0.739. The van der Waals surface area contributed by atoms with Crippen LogP contribution < -0.4 is 9.80 Å². The third-order valence-electron chi connectivity index (χ3n) is 4.43. The highest BCUT2D eigenvalue weighted by atomic mass is 16.5. The highest BCUT2D eigenvalue weighted by Gasteiger charge is 2.19. The van der Waals surface area contributed by atoms with E-state index in [-0.39, 0.29) is 0 Å². The average Bonchev–Trinajstić information content (AvgIpc) is 2.63. The van der Waals surface area contributed by atoms with Gasteiger partial charge in [-0.3, -0.25) is 4.90 Å². The van der Waals surface area contributed by atoms with E-state index in [0.717, 1.165) is 77.1 Å². The smallest absolute Gasteiger partial charge is 0.134 e. The Hall–Kier alpha value is -1.91. The number of piperazine rings is 1. The molecule has 23 heavy (non-hydrogen) atoms. The molecular weight excluding hydrogens is 292 g/mol. The van der Waals surface area contributed by atoms with Gasteiger partial charge >= 0.3 is 0 Å². The number of aromatic nitrogens is 2. The fourth-order valence-electron chi connectivity index (χ4n) is 3.06. The number of nitriles is 1. The van der Waals surface area contributed by atoms with Gasteiger partial charge in [-0.05, 0) is 13.0 Å². The maximum Gasteiger partial charge on any atom is 0.134 e. The van der Waals surface area contributed by atoms with E-state index in [1.165, 1.54) is 0 Å². The molecule has 2 saturated heterocycles. The first-order chi connectivity index (χ1) is 11.4. The summed E-state index contributed by atoms with van der Waals surface area (Å²) in [6.07, 6.45) is 3.28. The molecule has 7 heteroatoms. The fraction of sp³-hybridized carbons (Fsp3) is 0.688. The minimum absolute atomic E-state index is 0.648. The number of rotatable bonds is 5. The monoisotopic (exact) mass is 316 g/mol. The molecule has 7 nitrogen and oxygen atoms in total. The van der Waals surface area contributed by atoms with Crippen molar-refractivity contribution >= 4 is 11.6 Å². The zero-order chi connectivity index (χ0) is 15.9. The lowest BCUT2D eigenvalue weighted by molar-refractivity contribution is 0.122. The minimum atomic E-state index is 0.648. The second-order valence-corrected chi connectivity index (χ2v) is 5.92. The number of ether oxygens (including phenoxy) is 1. The van der Waals surface area contributed by atoms with Crippen LogP contribution in [0.4, 0.5) is 11.6 Å². The van der Waals surface area contributed by atoms with Gasteiger partial charge in [-0.1, -0.05) is 0 Å². The van der Waals surface area contributed by atoms with E-state index in [0.29, 0.717) is 6.42 Å². The molecule has 0 saturated carbocycles. The minimum Gasteiger partial charge on any atom is -0.378 e. The lowest BCUT2D eigenvalue weighted by Gasteiger charge is -2.35. The molecule has 2 fully saturated rings. The first-order valence-corrected chi connectivity index (χ1v) is 8.36. The maximum atomic E-state index is 8.62. The van der Waals surface area contributed by atoms with E-state index < -0.39 is 0 Å². The van der Waals surface area contributed by atoms with Gasteiger partial charge in [0.15, 0.2) is 0 Å². The maximum absolute atomic E-state index is 8.62. The molecule has 0 bridgehead atoms. The van der Waals surface area contributed by atoms with Crippen LogP contribution in [0.2, 0.25) is 0 Å². The number of anilines is 2. The molecule has 0 aromatic carbocycles. The molecule has 0 unspecified atom stereocenters. The third-order valence-corrected chi connectivity index (χ3v) is 4.43. The van der Waals surface area contributed by atoms with Crippen LogP contribution in [0.5, 0.6) is 0 Å². The fourth-order valence-corrected chi connectivity index (χ4v) is 3.06. The van der Waals surface area contributed by atoms with E-state index in [4.69, 9.17) is 10.00 Å². The van der Waals surface area contributed by atoms with Crippen LogP contribution in [-0.2, 0) is 4.74 Å². The van der Waals surface area contributed by atoms with Crippen LogP contribution in [-0.4, -0.2) is 73.9 Å². The van der Waals surface area contributed by atoms with Gasteiger partial charge in [-0.15, -0.1) is 0 Å². The van der Waals surface area contributed by atoms with Gasteiger partial charge in [0.05, 0.1) is 19.3 Å². The Morgan fingerprint density at radius 1 is 1.00 bits per heavy atom. The van der Waals surface area contributed by atoms with Crippen molar-refractivity contribution in [3.8, 4) is 6.07 Å². The van der Waals surface area contributed by atoms with Crippen molar-refractivity contribution < 1.29 is 4.74 Å². The lowest BCUT2D eigenvalue weighted by atomic mass is 10.2. The van der Waals surface area contributed by atoms with E-state index in [2.05, 4.69) is 36.8 Å². The highest BCUT2D eigenvalue weighted by Crippen LogP contribution is 2.19. The molecule has 1 aromatic heterocycles. The molecule has 2 aliphatic heterocycles. The van der Waals surface area contributed by atoms with Crippen LogP contribution >= 0.6 is 0 Å². The first kappa shape index (κ1) is 16.0. The molecule has 3 heterocycles. The first-order valence-electron chi connectivity index (χ1n) is 8.36. The molecule has 0 radical (unpaired) electrons. The Bertz CT molecular complexity index is 532. The molecule has 0 atom stereocenters. The number of hydrogen-bond acceptors (Lipinski definition) is 7. The lowest BCUT2D eigenvalue weighted by Crippen LogP contribution is -2.47. The van der Waals surface area contributed by atoms with Crippen molar-refractivity contribution in [3.63, 3.8) is 0 Å². The van der Waals surface area contributed by atoms with Crippen molar-refractivity contribution in [1.82, 2.24) is 14.9 Å². The zero-order valence-electron chi connectivity index (χ0n) is 13.5. The van der Waals surface area contributed by atoms with Gasteiger partial charge in [0.1, 0.15) is 18.0 Å². The van der Waals surface area contributed by atoms with Crippen LogP contribution in [0.15, 0.2) is 12.4 Å². The number of unbranched alkanes of at least 4 members (excludes halogenated alkanes) is 1. The van der Waals surface area contributed by atoms with Gasteiger partial charge in [0.2, 0.25) is 0 Å². The Morgan fingerprint density at radius 2 is 1.65 bits per heavy atom. The summed E-state index contributed by atoms with van der Waals surface area (Å²) in [5.74, 6) is 2.01. The van der Waals surface area contributed by atoms with Crippen LogP contribution in [0.1, 0.15) is 12.8 Å². The summed E-state index contributed by atoms with van der Waals surface area (Å²) in [5, 5.41) is 8.62. The summed E-state index contributed by atoms with van der Waals surface area (Å²) in [6.45, 7) is 8.35. The highest BCUT2D eigenvalue weighted by molar-refractivity contribution is 5.50. The molecular formula is C16H24N6O. The van der Waals surface area contributed by atoms with Crippen molar-refractivity contribution in [1.29, 1.82) is 5.26 Å². The van der Waals surface area contributed by atoms with Gasteiger partial charge in [-0.2, -0.15) is 5.26 Å². The number of nitrogens with zero attached hydrogens (tertiary/aromatic N) is 6. The zero-order valence-corrected chi connectivity index (χ0v) is 13.5. The summed E-state index contributed by atoms with van der Waals surface area (Å²) in [4.78, 5) is 15.9. The Morgan fingerprint density at radius 3 is 2.30 bits per heavy atom. The molecule has 0 N–H and O–H groups in total. The van der Waals surface area contributed by atoms with Crippen molar-refractivity contribution in [2.45, 2.75) is 12.8 Å². The molecule has 3 rings (SSSR count). The summed E-state index contributed by atoms with van der Waals surface area (Å²) < 4.78 is 5.40. The summed E-state index contributed by atoms with van der Waals surface area (Å²) >= 11 is 0. The van der Waals surface area contributed by atoms with Gasteiger partial charge in [0, 0.05) is 51.8 Å². The van der Waals surface area contributed by atoms with E-state index in [9.17, 15) is 0 Å². The number of hydrogen-bond donors (Lipinski definition) is 0. The number of morpholine rings is 1. The summed E-state index contributed by atoms with van der Waals surface area (Å²) in [7, 11) is 0. The van der Waals surface area contributed by atoms with Gasteiger partial charge in [-0.25, -0.2) is 9.97 Å². The van der Waals surface area contributed by atoms with E-state index in [1.807, 2.05) is 0 Å². The Labute approximate surface area is 137 Å². The Kier molecular flexibility index (Phi) is 5.61. The normalized spacial score (nSPS) is 19.6. The topological polar surface area (TPSA) is 68.5 Å². The standard InChI is InChI=1S/C16H24N6O/c17-3-1-2-4-20-5-7-21(8-6-20)15-13-16(19-14-18-15)22-9-11-23-12-10-22/h13-14H,1-2,4-12H2. The second kappa shape index (κ2) is 8.09. The molecule has 2 aliphatic rings. The van der Waals surface area contributed by atoms with Gasteiger partial charge < -0.3 is 14.5 Å². The average molecular weight is 316 g/mol. The van der Waals surface area contributed by atoms with Crippen LogP contribution in [0.25, 0.3) is 0 Å². The van der Waals surface area contributed by atoms with Crippen molar-refractivity contribution in [3.05, 3.63) is 12.4 Å². The SMILES string of the molecule is N#CCCCN1CCN(c2cc(N3CCOCC3)ncn2)CC1. The molecule has 0 spiro atoms. The van der Waals surface area contributed by atoms with Crippen molar-refractivity contribution in [2.24, 2.45) is 0 Å². The Balaban J connectivity index is 1.55. The molecule has 124 valence electrons. The summed E-state index contributed by atoms with van der Waals surface area (Å²) in [5.41, 5.74) is 0. The van der Waals surface area contributed by atoms with E-state index >= 15 is 0 Å². The van der Waals surface area contributed by atoms with Gasteiger partial charge in [0.25, 0.3) is 0 Å². The quantitative estimate of drug-likeness (QED) is 0.742. The predicted molar refractivity (Wildman–Crippen MR) is 88.6 cm³/mol. The third kappa shape index (κ3) is 4.30. The van der Waals surface area contributed by atoms with Crippen molar-refractivity contribution in [2.75, 3.05) is 68.8 Å². The largest absolute Gasteiger partial charge is 0.378 e.